The van der Waals surface area contributed by atoms with Crippen LogP contribution in [0.1, 0.15) is 18.1 Å². The van der Waals surface area contributed by atoms with E-state index in [9.17, 15) is 18.0 Å². The first-order valence-corrected chi connectivity index (χ1v) is 8.99. The van der Waals surface area contributed by atoms with Crippen LogP contribution in [0.25, 0.3) is 0 Å². The maximum absolute atomic E-state index is 12.6. The van der Waals surface area contributed by atoms with Gasteiger partial charge in [-0.1, -0.05) is 30.3 Å². The summed E-state index contributed by atoms with van der Waals surface area (Å²) in [4.78, 5) is 15.7. The molecule has 1 heterocycles. The average molecular weight is 417 g/mol. The molecule has 0 amide bonds. The minimum Gasteiger partial charge on any atom is -0.479 e. The molecule has 0 bridgehead atoms. The Balaban J connectivity index is 1.51. The molecule has 1 aromatic heterocycles. The lowest BCUT2D eigenvalue weighted by Gasteiger charge is -2.14. The maximum Gasteiger partial charge on any atom is 0.417 e. The average Bonchev–Trinajstić information content (AvgIpc) is 2.74. The minimum atomic E-state index is -4.45. The van der Waals surface area contributed by atoms with Crippen molar-refractivity contribution in [2.75, 3.05) is 0 Å². The summed E-state index contributed by atoms with van der Waals surface area (Å²) in [6.45, 7) is 1.73. The summed E-state index contributed by atoms with van der Waals surface area (Å²) in [5.41, 5.74) is 0.0168. The summed E-state index contributed by atoms with van der Waals surface area (Å²) < 4.78 is 53.9. The van der Waals surface area contributed by atoms with Crippen LogP contribution in [0.5, 0.6) is 17.4 Å². The molecule has 0 saturated carbocycles. The number of hydrogen-bond acceptors (Lipinski definition) is 5. The smallest absolute Gasteiger partial charge is 0.417 e. The molecule has 30 heavy (non-hydrogen) atoms. The number of halogens is 3. The Bertz CT molecular complexity index is 958. The van der Waals surface area contributed by atoms with Gasteiger partial charge in [0.15, 0.2) is 6.10 Å². The fourth-order valence-corrected chi connectivity index (χ4v) is 2.41. The second kappa shape index (κ2) is 9.30. The second-order valence-electron chi connectivity index (χ2n) is 6.31. The highest BCUT2D eigenvalue weighted by atomic mass is 19.4. The fraction of sp³-hybridized carbons (Fsp3) is 0.182. The van der Waals surface area contributed by atoms with Gasteiger partial charge in [-0.3, -0.25) is 0 Å². The summed E-state index contributed by atoms with van der Waals surface area (Å²) in [6, 6.07) is 17.6. The first-order chi connectivity index (χ1) is 14.3. The highest BCUT2D eigenvalue weighted by Crippen LogP contribution is 2.30. The summed E-state index contributed by atoms with van der Waals surface area (Å²) in [5.74, 6) is 0.281. The van der Waals surface area contributed by atoms with E-state index in [1.165, 1.54) is 0 Å². The number of carbonyl (C=O) groups excluding carboxylic acids is 1. The Morgan fingerprint density at radius 2 is 1.63 bits per heavy atom. The van der Waals surface area contributed by atoms with Crippen molar-refractivity contribution in [2.24, 2.45) is 0 Å². The summed E-state index contributed by atoms with van der Waals surface area (Å²) in [6.07, 6.45) is -4.57. The molecule has 3 aromatic rings. The number of aromatic nitrogens is 1. The van der Waals surface area contributed by atoms with Crippen LogP contribution in [-0.4, -0.2) is 17.1 Å². The molecule has 0 spiro atoms. The molecule has 2 aromatic carbocycles. The van der Waals surface area contributed by atoms with Crippen molar-refractivity contribution in [3.8, 4) is 17.4 Å². The Kier molecular flexibility index (Phi) is 6.56. The van der Waals surface area contributed by atoms with Crippen LogP contribution < -0.4 is 9.47 Å². The molecule has 0 radical (unpaired) electrons. The van der Waals surface area contributed by atoms with Gasteiger partial charge in [0.2, 0.25) is 5.88 Å². The van der Waals surface area contributed by atoms with E-state index in [4.69, 9.17) is 14.2 Å². The molecule has 0 aliphatic heterocycles. The van der Waals surface area contributed by atoms with Gasteiger partial charge < -0.3 is 14.2 Å². The fourth-order valence-electron chi connectivity index (χ4n) is 2.41. The molecule has 0 N–H and O–H groups in total. The molecular weight excluding hydrogens is 399 g/mol. The van der Waals surface area contributed by atoms with E-state index in [1.54, 1.807) is 31.2 Å². The number of carbonyl (C=O) groups is 1. The minimum absolute atomic E-state index is 0.0227. The van der Waals surface area contributed by atoms with E-state index in [0.29, 0.717) is 17.7 Å². The Hall–Kier alpha value is -3.55. The van der Waals surface area contributed by atoms with Crippen molar-refractivity contribution >= 4 is 5.97 Å². The molecule has 0 aliphatic carbocycles. The van der Waals surface area contributed by atoms with E-state index in [2.05, 4.69) is 4.98 Å². The zero-order valence-corrected chi connectivity index (χ0v) is 15.9. The normalized spacial score (nSPS) is 12.1. The molecule has 1 atom stereocenters. The van der Waals surface area contributed by atoms with Crippen LogP contribution in [0.15, 0.2) is 72.9 Å². The number of alkyl halides is 3. The van der Waals surface area contributed by atoms with Crippen molar-refractivity contribution in [3.63, 3.8) is 0 Å². The lowest BCUT2D eigenvalue weighted by atomic mass is 10.2. The third kappa shape index (κ3) is 5.97. The number of nitrogens with zero attached hydrogens (tertiary/aromatic N) is 1. The molecule has 5 nitrogen and oxygen atoms in total. The molecule has 0 fully saturated rings. The Morgan fingerprint density at radius 1 is 0.967 bits per heavy atom. The third-order valence-corrected chi connectivity index (χ3v) is 3.98. The summed E-state index contributed by atoms with van der Waals surface area (Å²) in [7, 11) is 0. The molecule has 8 heteroatoms. The van der Waals surface area contributed by atoms with Gasteiger partial charge >= 0.3 is 12.1 Å². The predicted molar refractivity (Wildman–Crippen MR) is 102 cm³/mol. The predicted octanol–water partition coefficient (Wildman–Crippen LogP) is 5.40. The lowest BCUT2D eigenvalue weighted by Crippen LogP contribution is -2.26. The summed E-state index contributed by atoms with van der Waals surface area (Å²) in [5, 5.41) is 0. The monoisotopic (exact) mass is 417 g/mol. The molecule has 156 valence electrons. The lowest BCUT2D eigenvalue weighted by molar-refractivity contribution is -0.152. The molecule has 0 aliphatic rings. The SMILES string of the molecule is C[C@H](Oc1ccc(Oc2ccc(C(F)(F)F)cn2)cc1)C(=O)OCc1ccccc1. The van der Waals surface area contributed by atoms with Crippen molar-refractivity contribution < 1.29 is 32.2 Å². The first kappa shape index (κ1) is 21.2. The van der Waals surface area contributed by atoms with Gasteiger partial charge in [-0.25, -0.2) is 9.78 Å². The van der Waals surface area contributed by atoms with Gasteiger partial charge in [-0.05, 0) is 42.8 Å². The maximum atomic E-state index is 12.6. The standard InChI is InChI=1S/C22H18F3NO4/c1-15(21(27)28-14-16-5-3-2-4-6-16)29-18-8-10-19(11-9-18)30-20-12-7-17(13-26-20)22(23,24)25/h2-13,15H,14H2,1H3/t15-/m0/s1. The number of hydrogen-bond donors (Lipinski definition) is 0. The molecule has 0 saturated heterocycles. The zero-order chi connectivity index (χ0) is 21.6. The number of pyridine rings is 1. The Labute approximate surface area is 171 Å². The van der Waals surface area contributed by atoms with E-state index < -0.39 is 23.8 Å². The highest BCUT2D eigenvalue weighted by molar-refractivity contribution is 5.74. The third-order valence-electron chi connectivity index (χ3n) is 3.98. The van der Waals surface area contributed by atoms with E-state index >= 15 is 0 Å². The second-order valence-corrected chi connectivity index (χ2v) is 6.31. The van der Waals surface area contributed by atoms with Crippen LogP contribution in [0.2, 0.25) is 0 Å². The van der Waals surface area contributed by atoms with Crippen molar-refractivity contribution in [3.05, 3.63) is 84.1 Å². The number of esters is 1. The largest absolute Gasteiger partial charge is 0.479 e. The molecular formula is C22H18F3NO4. The van der Waals surface area contributed by atoms with Crippen LogP contribution in [0.3, 0.4) is 0 Å². The van der Waals surface area contributed by atoms with E-state index in [1.807, 2.05) is 30.3 Å². The van der Waals surface area contributed by atoms with Gasteiger partial charge in [0, 0.05) is 12.3 Å². The number of benzene rings is 2. The number of rotatable bonds is 7. The van der Waals surface area contributed by atoms with E-state index in [0.717, 1.165) is 17.7 Å². The topological polar surface area (TPSA) is 57.7 Å². The van der Waals surface area contributed by atoms with Gasteiger partial charge in [0.25, 0.3) is 0 Å². The van der Waals surface area contributed by atoms with Crippen LogP contribution >= 0.6 is 0 Å². The quantitative estimate of drug-likeness (QED) is 0.482. The van der Waals surface area contributed by atoms with Crippen molar-refractivity contribution in [1.82, 2.24) is 4.98 Å². The van der Waals surface area contributed by atoms with Crippen LogP contribution in [0, 0.1) is 0 Å². The first-order valence-electron chi connectivity index (χ1n) is 8.99. The highest BCUT2D eigenvalue weighted by Gasteiger charge is 2.30. The van der Waals surface area contributed by atoms with Crippen LogP contribution in [0.4, 0.5) is 13.2 Å². The van der Waals surface area contributed by atoms with Gasteiger partial charge in [0.1, 0.15) is 18.1 Å². The van der Waals surface area contributed by atoms with Gasteiger partial charge in [-0.2, -0.15) is 13.2 Å². The van der Waals surface area contributed by atoms with Gasteiger partial charge in [-0.15, -0.1) is 0 Å². The van der Waals surface area contributed by atoms with Crippen molar-refractivity contribution in [2.45, 2.75) is 25.8 Å². The van der Waals surface area contributed by atoms with E-state index in [-0.39, 0.29) is 12.5 Å². The Morgan fingerprint density at radius 3 is 2.23 bits per heavy atom. The zero-order valence-electron chi connectivity index (χ0n) is 15.9. The van der Waals surface area contributed by atoms with Gasteiger partial charge in [0.05, 0.1) is 5.56 Å². The summed E-state index contributed by atoms with van der Waals surface area (Å²) >= 11 is 0. The molecule has 0 unspecified atom stereocenters. The van der Waals surface area contributed by atoms with Crippen LogP contribution in [-0.2, 0) is 22.3 Å². The van der Waals surface area contributed by atoms with Crippen molar-refractivity contribution in [1.29, 1.82) is 0 Å². The number of ether oxygens (including phenoxy) is 3. The molecule has 3 rings (SSSR count).